The minimum Gasteiger partial charge on any atom is -0.381 e. The van der Waals surface area contributed by atoms with E-state index < -0.39 is 0 Å². The number of rotatable bonds is 4. The van der Waals surface area contributed by atoms with Crippen LogP contribution in [0.15, 0.2) is 30.7 Å². The first kappa shape index (κ1) is 16.1. The Hall–Kier alpha value is -2.34. The first-order valence-electron chi connectivity index (χ1n) is 8.96. The maximum Gasteiger partial charge on any atom is 0.128 e. The average molecular weight is 339 g/mol. The molecule has 0 amide bonds. The van der Waals surface area contributed by atoms with Crippen molar-refractivity contribution in [3.8, 4) is 11.3 Å². The molecule has 0 aliphatic carbocycles. The molecular weight excluding hydrogens is 314 g/mol. The zero-order valence-electron chi connectivity index (χ0n) is 15.1. The van der Waals surface area contributed by atoms with E-state index in [9.17, 15) is 0 Å². The van der Waals surface area contributed by atoms with Gasteiger partial charge in [-0.05, 0) is 32.8 Å². The van der Waals surface area contributed by atoms with Crippen molar-refractivity contribution in [3.05, 3.63) is 30.7 Å². The van der Waals surface area contributed by atoms with Crippen LogP contribution in [0.3, 0.4) is 0 Å². The molecule has 1 N–H and O–H groups in total. The van der Waals surface area contributed by atoms with Gasteiger partial charge >= 0.3 is 0 Å². The number of anilines is 1. The molecule has 0 bridgehead atoms. The van der Waals surface area contributed by atoms with Crippen molar-refractivity contribution < 1.29 is 4.74 Å². The second-order valence-corrected chi connectivity index (χ2v) is 7.05. The summed E-state index contributed by atoms with van der Waals surface area (Å²) in [5.74, 6) is 0.935. The van der Waals surface area contributed by atoms with E-state index in [0.717, 1.165) is 48.5 Å². The summed E-state index contributed by atoms with van der Waals surface area (Å²) >= 11 is 0. The first-order valence-corrected chi connectivity index (χ1v) is 8.96. The Morgan fingerprint density at radius 1 is 1.20 bits per heavy atom. The summed E-state index contributed by atoms with van der Waals surface area (Å²) in [5, 5.41) is 9.15. The highest BCUT2D eigenvalue weighted by Gasteiger charge is 2.15. The van der Waals surface area contributed by atoms with Gasteiger partial charge in [0.15, 0.2) is 0 Å². The Balaban J connectivity index is 1.64. The number of nitrogens with one attached hydrogen (secondary N) is 1. The molecule has 1 saturated heterocycles. The summed E-state index contributed by atoms with van der Waals surface area (Å²) in [6, 6.07) is 5.13. The summed E-state index contributed by atoms with van der Waals surface area (Å²) in [7, 11) is 2.10. The van der Waals surface area contributed by atoms with Crippen LogP contribution in [0, 0.1) is 0 Å². The number of hydrogen-bond donors (Lipinski definition) is 1. The fourth-order valence-electron chi connectivity index (χ4n) is 3.39. The lowest BCUT2D eigenvalue weighted by molar-refractivity contribution is 0.0904. The Morgan fingerprint density at radius 2 is 2.00 bits per heavy atom. The highest BCUT2D eigenvalue weighted by molar-refractivity contribution is 5.87. The fourth-order valence-corrected chi connectivity index (χ4v) is 3.39. The molecule has 1 aliphatic heterocycles. The van der Waals surface area contributed by atoms with Gasteiger partial charge < -0.3 is 14.6 Å². The van der Waals surface area contributed by atoms with Gasteiger partial charge in [-0.1, -0.05) is 0 Å². The number of hydrogen-bond acceptors (Lipinski definition) is 4. The number of ether oxygens (including phenoxy) is 1. The number of nitrogens with zero attached hydrogens (tertiary/aromatic N) is 4. The van der Waals surface area contributed by atoms with E-state index >= 15 is 0 Å². The van der Waals surface area contributed by atoms with Crippen molar-refractivity contribution in [3.63, 3.8) is 0 Å². The van der Waals surface area contributed by atoms with Gasteiger partial charge in [0.1, 0.15) is 5.82 Å². The van der Waals surface area contributed by atoms with Gasteiger partial charge in [0.2, 0.25) is 0 Å². The summed E-state index contributed by atoms with van der Waals surface area (Å²) in [4.78, 5) is 4.60. The van der Waals surface area contributed by atoms with E-state index in [4.69, 9.17) is 4.74 Å². The lowest BCUT2D eigenvalue weighted by Gasteiger charge is -2.23. The number of aromatic nitrogens is 4. The van der Waals surface area contributed by atoms with Crippen LogP contribution in [0.5, 0.6) is 0 Å². The predicted molar refractivity (Wildman–Crippen MR) is 99.8 cm³/mol. The Kier molecular flexibility index (Phi) is 4.21. The van der Waals surface area contributed by atoms with E-state index in [0.29, 0.717) is 12.1 Å². The lowest BCUT2D eigenvalue weighted by Crippen LogP contribution is -2.28. The summed E-state index contributed by atoms with van der Waals surface area (Å²) in [6.45, 7) is 5.93. The monoisotopic (exact) mass is 339 g/mol. The highest BCUT2D eigenvalue weighted by atomic mass is 16.5. The van der Waals surface area contributed by atoms with Gasteiger partial charge in [0.25, 0.3) is 0 Å². The second-order valence-electron chi connectivity index (χ2n) is 7.05. The molecule has 0 aromatic carbocycles. The number of pyridine rings is 1. The molecule has 0 unspecified atom stereocenters. The molecule has 132 valence electrons. The van der Waals surface area contributed by atoms with Gasteiger partial charge in [-0.3, -0.25) is 4.68 Å². The van der Waals surface area contributed by atoms with Crippen LogP contribution in [0.1, 0.15) is 32.7 Å². The van der Waals surface area contributed by atoms with Gasteiger partial charge in [-0.25, -0.2) is 4.98 Å². The molecule has 1 fully saturated rings. The van der Waals surface area contributed by atoms with Gasteiger partial charge in [0.05, 0.1) is 17.4 Å². The molecule has 6 heteroatoms. The molecular formula is C19H25N5O. The zero-order chi connectivity index (χ0) is 17.4. The van der Waals surface area contributed by atoms with Crippen LogP contribution in [-0.4, -0.2) is 38.6 Å². The fraction of sp³-hybridized carbons (Fsp3) is 0.474. The van der Waals surface area contributed by atoms with Gasteiger partial charge in [0, 0.05) is 61.8 Å². The molecule has 4 heterocycles. The second kappa shape index (κ2) is 6.52. The van der Waals surface area contributed by atoms with Crippen molar-refractivity contribution in [1.82, 2.24) is 19.3 Å². The van der Waals surface area contributed by atoms with Crippen molar-refractivity contribution in [2.24, 2.45) is 7.05 Å². The zero-order valence-corrected chi connectivity index (χ0v) is 15.1. The van der Waals surface area contributed by atoms with Crippen molar-refractivity contribution in [2.75, 3.05) is 18.5 Å². The third-order valence-corrected chi connectivity index (χ3v) is 4.93. The number of fused-ring (bicyclic) bond motifs is 1. The largest absolute Gasteiger partial charge is 0.381 e. The topological polar surface area (TPSA) is 56.9 Å². The molecule has 0 atom stereocenters. The molecule has 0 saturated carbocycles. The van der Waals surface area contributed by atoms with Crippen LogP contribution in [0.2, 0.25) is 0 Å². The normalized spacial score (nSPS) is 16.0. The van der Waals surface area contributed by atoms with Crippen LogP contribution >= 0.6 is 0 Å². The lowest BCUT2D eigenvalue weighted by atomic mass is 10.1. The van der Waals surface area contributed by atoms with Crippen LogP contribution in [-0.2, 0) is 11.8 Å². The van der Waals surface area contributed by atoms with E-state index in [1.165, 1.54) is 5.52 Å². The van der Waals surface area contributed by atoms with E-state index in [1.54, 1.807) is 0 Å². The Bertz CT molecular complexity index is 873. The van der Waals surface area contributed by atoms with Crippen LogP contribution in [0.25, 0.3) is 22.2 Å². The summed E-state index contributed by atoms with van der Waals surface area (Å²) in [6.07, 6.45) is 8.06. The van der Waals surface area contributed by atoms with Gasteiger partial charge in [-0.2, -0.15) is 5.10 Å². The van der Waals surface area contributed by atoms with Crippen molar-refractivity contribution in [1.29, 1.82) is 0 Å². The quantitative estimate of drug-likeness (QED) is 0.789. The molecule has 3 aromatic heterocycles. The van der Waals surface area contributed by atoms with Crippen LogP contribution in [0.4, 0.5) is 5.82 Å². The van der Waals surface area contributed by atoms with E-state index in [2.05, 4.69) is 59.2 Å². The van der Waals surface area contributed by atoms with E-state index in [1.807, 2.05) is 17.1 Å². The molecule has 4 rings (SSSR count). The summed E-state index contributed by atoms with van der Waals surface area (Å²) < 4.78 is 9.63. The number of aryl methyl sites for hydroxylation is 1. The van der Waals surface area contributed by atoms with Gasteiger partial charge in [-0.15, -0.1) is 0 Å². The standard InChI is InChI=1S/C19H25N5O/c1-13(2)24-12-15(11-21-24)17-8-14-10-20-19(9-18(14)23(17)3)22-16-4-6-25-7-5-16/h8-13,16H,4-7H2,1-3H3,(H,20,22). The van der Waals surface area contributed by atoms with E-state index in [-0.39, 0.29) is 0 Å². The Labute approximate surface area is 147 Å². The Morgan fingerprint density at radius 3 is 2.72 bits per heavy atom. The molecule has 1 aliphatic rings. The molecule has 0 spiro atoms. The minimum absolute atomic E-state index is 0.361. The third-order valence-electron chi connectivity index (χ3n) is 4.93. The summed E-state index contributed by atoms with van der Waals surface area (Å²) in [5.41, 5.74) is 3.47. The predicted octanol–water partition coefficient (Wildman–Crippen LogP) is 3.61. The SMILES string of the molecule is CC(C)n1cc(-c2cc3cnc(NC4CCOCC4)cc3n2C)cn1. The molecule has 6 nitrogen and oxygen atoms in total. The van der Waals surface area contributed by atoms with Crippen molar-refractivity contribution in [2.45, 2.75) is 38.8 Å². The highest BCUT2D eigenvalue weighted by Crippen LogP contribution is 2.28. The third kappa shape index (κ3) is 3.14. The van der Waals surface area contributed by atoms with Crippen LogP contribution < -0.4 is 5.32 Å². The maximum atomic E-state index is 5.43. The molecule has 3 aromatic rings. The maximum absolute atomic E-state index is 5.43. The average Bonchev–Trinajstić information content (AvgIpc) is 3.21. The smallest absolute Gasteiger partial charge is 0.128 e. The first-order chi connectivity index (χ1) is 12.1. The molecule has 25 heavy (non-hydrogen) atoms. The molecule has 0 radical (unpaired) electrons. The minimum atomic E-state index is 0.361. The van der Waals surface area contributed by atoms with Crippen molar-refractivity contribution >= 4 is 16.7 Å².